The molecule has 3 heteroatoms. The summed E-state index contributed by atoms with van der Waals surface area (Å²) in [7, 11) is 0. The van der Waals surface area contributed by atoms with Gasteiger partial charge in [0, 0.05) is 10.5 Å². The van der Waals surface area contributed by atoms with Crippen molar-refractivity contribution in [2.45, 2.75) is 0 Å². The van der Waals surface area contributed by atoms with Gasteiger partial charge in [0.05, 0.1) is 12.8 Å². The van der Waals surface area contributed by atoms with E-state index in [1.807, 2.05) is 0 Å². The van der Waals surface area contributed by atoms with Crippen molar-refractivity contribution in [1.29, 1.82) is 0 Å². The van der Waals surface area contributed by atoms with Crippen molar-refractivity contribution in [2.75, 3.05) is 0 Å². The van der Waals surface area contributed by atoms with E-state index in [1.165, 1.54) is 6.26 Å². The molecule has 1 aromatic rings. The van der Waals surface area contributed by atoms with E-state index in [1.54, 1.807) is 6.07 Å². The molecule has 1 rings (SSSR count). The average molecular weight is 172 g/mol. The van der Waals surface area contributed by atoms with Crippen LogP contribution < -0.4 is 0 Å². The lowest BCUT2D eigenvalue weighted by atomic mass is 10.6. The van der Waals surface area contributed by atoms with Crippen LogP contribution in [0, 0.1) is 6.57 Å². The van der Waals surface area contributed by atoms with Crippen molar-refractivity contribution < 1.29 is 4.42 Å². The molecule has 8 heavy (non-hydrogen) atoms. The highest BCUT2D eigenvalue weighted by atomic mass is 79.9. The third-order valence-corrected chi connectivity index (χ3v) is 1.08. The van der Waals surface area contributed by atoms with Crippen molar-refractivity contribution in [3.8, 4) is 0 Å². The number of hydrogen-bond donors (Lipinski definition) is 0. The van der Waals surface area contributed by atoms with Crippen LogP contribution in [0.1, 0.15) is 0 Å². The van der Waals surface area contributed by atoms with Gasteiger partial charge in [0.25, 0.3) is 0 Å². The second-order valence-electron chi connectivity index (χ2n) is 1.21. The van der Waals surface area contributed by atoms with Crippen molar-refractivity contribution in [2.24, 2.45) is 0 Å². The van der Waals surface area contributed by atoms with Gasteiger partial charge in [0.2, 0.25) is 0 Å². The highest BCUT2D eigenvalue weighted by molar-refractivity contribution is 9.10. The van der Waals surface area contributed by atoms with Gasteiger partial charge >= 0.3 is 5.88 Å². The molecule has 0 saturated heterocycles. The Kier molecular flexibility index (Phi) is 1.36. The topological polar surface area (TPSA) is 17.5 Å². The van der Waals surface area contributed by atoms with E-state index in [2.05, 4.69) is 20.8 Å². The smallest absolute Gasteiger partial charge is 0.346 e. The summed E-state index contributed by atoms with van der Waals surface area (Å²) in [6.07, 6.45) is 1.48. The van der Waals surface area contributed by atoms with E-state index in [4.69, 9.17) is 11.0 Å². The Hall–Kier alpha value is -0.750. The lowest BCUT2D eigenvalue weighted by molar-refractivity contribution is 0.590. The maximum Gasteiger partial charge on any atom is 0.346 e. The van der Waals surface area contributed by atoms with Crippen LogP contribution in [-0.2, 0) is 0 Å². The van der Waals surface area contributed by atoms with Gasteiger partial charge in [-0.25, -0.2) is 0 Å². The first-order valence-corrected chi connectivity index (χ1v) is 2.74. The minimum atomic E-state index is 0.317. The first kappa shape index (κ1) is 5.39. The predicted molar refractivity (Wildman–Crippen MR) is 32.7 cm³/mol. The number of furan rings is 1. The summed E-state index contributed by atoms with van der Waals surface area (Å²) >= 11 is 3.14. The average Bonchev–Trinajstić information content (AvgIpc) is 2.14. The maximum absolute atomic E-state index is 6.47. The second kappa shape index (κ2) is 2.01. The summed E-state index contributed by atoms with van der Waals surface area (Å²) < 4.78 is 5.52. The van der Waals surface area contributed by atoms with Gasteiger partial charge in [-0.3, -0.25) is 0 Å². The molecule has 0 atom stereocenters. The van der Waals surface area contributed by atoms with Crippen LogP contribution in [-0.4, -0.2) is 0 Å². The molecule has 0 unspecified atom stereocenters. The maximum atomic E-state index is 6.47. The van der Waals surface area contributed by atoms with Gasteiger partial charge < -0.3 is 4.42 Å². The molecule has 0 spiro atoms. The minimum absolute atomic E-state index is 0.317. The first-order valence-electron chi connectivity index (χ1n) is 1.94. The summed E-state index contributed by atoms with van der Waals surface area (Å²) in [6.45, 7) is 6.47. The molecule has 0 saturated carbocycles. The predicted octanol–water partition coefficient (Wildman–Crippen LogP) is 2.59. The molecule has 0 aliphatic rings. The SMILES string of the molecule is [C-]#[N+]c1cc(Br)co1. The van der Waals surface area contributed by atoms with Gasteiger partial charge in [0.1, 0.15) is 0 Å². The number of hydrogen-bond acceptors (Lipinski definition) is 1. The van der Waals surface area contributed by atoms with Gasteiger partial charge in [0.15, 0.2) is 0 Å². The van der Waals surface area contributed by atoms with Gasteiger partial charge in [-0.2, -0.15) is 4.85 Å². The number of halogens is 1. The third-order valence-electron chi connectivity index (χ3n) is 0.664. The molecule has 1 aromatic heterocycles. The molecule has 0 aromatic carbocycles. The van der Waals surface area contributed by atoms with Gasteiger partial charge in [-0.15, -0.1) is 0 Å². The summed E-state index contributed by atoms with van der Waals surface area (Å²) in [5.74, 6) is 0.317. The van der Waals surface area contributed by atoms with E-state index < -0.39 is 0 Å². The Bertz CT molecular complexity index is 223. The number of rotatable bonds is 0. The zero-order valence-electron chi connectivity index (χ0n) is 3.89. The molecule has 0 amide bonds. The van der Waals surface area contributed by atoms with E-state index in [9.17, 15) is 0 Å². The first-order chi connectivity index (χ1) is 3.83. The summed E-state index contributed by atoms with van der Waals surface area (Å²) in [6, 6.07) is 1.62. The Balaban J connectivity index is 3.05. The van der Waals surface area contributed by atoms with Crippen LogP contribution >= 0.6 is 15.9 Å². The Morgan fingerprint density at radius 1 is 1.75 bits per heavy atom. The summed E-state index contributed by atoms with van der Waals surface area (Å²) in [5.41, 5.74) is 0. The molecular formula is C5H2BrNO. The lowest BCUT2D eigenvalue weighted by Crippen LogP contribution is -1.38. The highest BCUT2D eigenvalue weighted by Crippen LogP contribution is 2.20. The van der Waals surface area contributed by atoms with E-state index in [0.29, 0.717) is 5.88 Å². The molecule has 2 nitrogen and oxygen atoms in total. The van der Waals surface area contributed by atoms with E-state index in [-0.39, 0.29) is 0 Å². The van der Waals surface area contributed by atoms with Crippen LogP contribution in [0.5, 0.6) is 0 Å². The van der Waals surface area contributed by atoms with Gasteiger partial charge in [-0.1, -0.05) is 0 Å². The zero-order valence-corrected chi connectivity index (χ0v) is 5.47. The van der Waals surface area contributed by atoms with Crippen molar-refractivity contribution in [3.63, 3.8) is 0 Å². The van der Waals surface area contributed by atoms with Crippen LogP contribution in [0.25, 0.3) is 4.85 Å². The van der Waals surface area contributed by atoms with Gasteiger partial charge in [-0.05, 0) is 15.9 Å². The Morgan fingerprint density at radius 3 is 2.75 bits per heavy atom. The zero-order chi connectivity index (χ0) is 5.98. The lowest BCUT2D eigenvalue weighted by Gasteiger charge is -1.67. The van der Waals surface area contributed by atoms with Crippen LogP contribution in [0.4, 0.5) is 5.88 Å². The summed E-state index contributed by atoms with van der Waals surface area (Å²) in [4.78, 5) is 3.04. The molecule has 40 valence electrons. The highest BCUT2D eigenvalue weighted by Gasteiger charge is 1.93. The Labute approximate surface area is 55.1 Å². The van der Waals surface area contributed by atoms with Crippen LogP contribution in [0.15, 0.2) is 21.2 Å². The van der Waals surface area contributed by atoms with E-state index in [0.717, 1.165) is 4.47 Å². The second-order valence-corrected chi connectivity index (χ2v) is 2.13. The monoisotopic (exact) mass is 171 g/mol. The molecule has 1 heterocycles. The molecule has 0 fully saturated rings. The summed E-state index contributed by atoms with van der Waals surface area (Å²) in [5, 5.41) is 0. The minimum Gasteiger partial charge on any atom is -0.486 e. The molecule has 0 bridgehead atoms. The fraction of sp³-hybridized carbons (Fsp3) is 0. The molecule has 0 N–H and O–H groups in total. The van der Waals surface area contributed by atoms with Crippen LogP contribution in [0.2, 0.25) is 0 Å². The molecule has 0 aliphatic carbocycles. The van der Waals surface area contributed by atoms with Crippen molar-refractivity contribution in [3.05, 3.63) is 28.2 Å². The molecular weight excluding hydrogens is 170 g/mol. The van der Waals surface area contributed by atoms with E-state index >= 15 is 0 Å². The van der Waals surface area contributed by atoms with Crippen molar-refractivity contribution in [1.82, 2.24) is 0 Å². The third kappa shape index (κ3) is 0.903. The largest absolute Gasteiger partial charge is 0.486 e. The quantitative estimate of drug-likeness (QED) is 0.549. The normalized spacial score (nSPS) is 8.50. The fourth-order valence-electron chi connectivity index (χ4n) is 0.361. The van der Waals surface area contributed by atoms with Crippen molar-refractivity contribution >= 4 is 21.8 Å². The van der Waals surface area contributed by atoms with Crippen LogP contribution in [0.3, 0.4) is 0 Å². The Morgan fingerprint density at radius 2 is 2.50 bits per heavy atom. The molecule has 0 radical (unpaired) electrons. The molecule has 0 aliphatic heterocycles. The standard InChI is InChI=1S/C5H2BrNO/c1-7-5-2-4(6)3-8-5/h2-3H. The number of nitrogens with zero attached hydrogens (tertiary/aromatic N) is 1. The fourth-order valence-corrected chi connectivity index (χ4v) is 0.651.